The molecule has 0 saturated heterocycles. The van der Waals surface area contributed by atoms with E-state index in [1.807, 2.05) is 0 Å². The van der Waals surface area contributed by atoms with Crippen molar-refractivity contribution in [1.29, 1.82) is 0 Å². The average Bonchev–Trinajstić information content (AvgIpc) is 2.13. The molecular formula is C5H6ClN3O6S2. The lowest BCUT2D eigenvalue weighted by Gasteiger charge is -1.99. The lowest BCUT2D eigenvalue weighted by molar-refractivity contribution is 0.584. The fourth-order valence-electron chi connectivity index (χ4n) is 0.854. The number of H-pyrrole nitrogens is 2. The molecule has 0 unspecified atom stereocenters. The molecule has 0 aliphatic heterocycles. The number of aromatic nitrogens is 3. The van der Waals surface area contributed by atoms with E-state index in [9.17, 15) is 26.4 Å². The normalized spacial score (nSPS) is 12.5. The molecule has 0 amide bonds. The van der Waals surface area contributed by atoms with Crippen molar-refractivity contribution in [1.82, 2.24) is 15.2 Å². The minimum absolute atomic E-state index is 0.864. The second-order valence-electron chi connectivity index (χ2n) is 2.87. The van der Waals surface area contributed by atoms with Crippen LogP contribution in [-0.2, 0) is 18.9 Å². The van der Waals surface area contributed by atoms with Gasteiger partial charge in [-0.3, -0.25) is 9.78 Å². The topological polar surface area (TPSA) is 147 Å². The maximum absolute atomic E-state index is 11.5. The zero-order valence-corrected chi connectivity index (χ0v) is 10.4. The highest BCUT2D eigenvalue weighted by Crippen LogP contribution is 2.04. The molecular weight excluding hydrogens is 298 g/mol. The van der Waals surface area contributed by atoms with Crippen LogP contribution in [0.15, 0.2) is 14.6 Å². The molecule has 96 valence electrons. The minimum Gasteiger partial charge on any atom is -0.270 e. The molecule has 9 nitrogen and oxygen atoms in total. The van der Waals surface area contributed by atoms with Crippen molar-refractivity contribution >= 4 is 29.6 Å². The van der Waals surface area contributed by atoms with Gasteiger partial charge >= 0.3 is 5.69 Å². The first kappa shape index (κ1) is 13.9. The third kappa shape index (κ3) is 3.94. The Morgan fingerprint density at radius 2 is 1.71 bits per heavy atom. The maximum atomic E-state index is 11.5. The van der Waals surface area contributed by atoms with E-state index >= 15 is 0 Å². The Morgan fingerprint density at radius 1 is 1.12 bits per heavy atom. The summed E-state index contributed by atoms with van der Waals surface area (Å²) in [6.07, 6.45) is 0. The summed E-state index contributed by atoms with van der Waals surface area (Å²) in [5.41, 5.74) is -2.19. The van der Waals surface area contributed by atoms with Crippen molar-refractivity contribution in [2.24, 2.45) is 0 Å². The van der Waals surface area contributed by atoms with Gasteiger partial charge in [0.2, 0.25) is 23.9 Å². The third-order valence-corrected chi connectivity index (χ3v) is 4.59. The van der Waals surface area contributed by atoms with Crippen LogP contribution >= 0.6 is 10.7 Å². The first-order valence-corrected chi connectivity index (χ1v) is 8.09. The van der Waals surface area contributed by atoms with Gasteiger partial charge in [-0.15, -0.1) is 0 Å². The van der Waals surface area contributed by atoms with Gasteiger partial charge < -0.3 is 0 Å². The van der Waals surface area contributed by atoms with Gasteiger partial charge in [-0.1, -0.05) is 0 Å². The van der Waals surface area contributed by atoms with Crippen LogP contribution in [-0.4, -0.2) is 43.5 Å². The molecule has 1 heterocycles. The summed E-state index contributed by atoms with van der Waals surface area (Å²) in [7, 11) is -3.40. The molecule has 0 aliphatic carbocycles. The summed E-state index contributed by atoms with van der Waals surface area (Å²) in [5.74, 6) is -1.77. The van der Waals surface area contributed by atoms with Gasteiger partial charge in [0.25, 0.3) is 5.56 Å². The van der Waals surface area contributed by atoms with Crippen LogP contribution in [0, 0.1) is 0 Å². The Kier molecular flexibility index (Phi) is 3.74. The fraction of sp³-hybridized carbons (Fsp3) is 0.400. The van der Waals surface area contributed by atoms with E-state index in [-0.39, 0.29) is 0 Å². The van der Waals surface area contributed by atoms with E-state index < -0.39 is 46.7 Å². The summed E-state index contributed by atoms with van der Waals surface area (Å²) in [4.78, 5) is 23.4. The van der Waals surface area contributed by atoms with E-state index in [0.717, 1.165) is 0 Å². The molecule has 12 heteroatoms. The first-order chi connectivity index (χ1) is 7.62. The molecule has 0 aliphatic rings. The van der Waals surface area contributed by atoms with Crippen LogP contribution in [0.2, 0.25) is 0 Å². The van der Waals surface area contributed by atoms with Crippen LogP contribution in [0.3, 0.4) is 0 Å². The van der Waals surface area contributed by atoms with Gasteiger partial charge in [0.1, 0.15) is 0 Å². The lowest BCUT2D eigenvalue weighted by atomic mass is 10.8. The van der Waals surface area contributed by atoms with Crippen LogP contribution in [0.5, 0.6) is 0 Å². The Labute approximate surface area is 99.2 Å². The van der Waals surface area contributed by atoms with E-state index in [4.69, 9.17) is 10.7 Å². The Morgan fingerprint density at radius 3 is 2.18 bits per heavy atom. The van der Waals surface area contributed by atoms with Gasteiger partial charge in [0, 0.05) is 10.7 Å². The van der Waals surface area contributed by atoms with Crippen molar-refractivity contribution in [3.63, 3.8) is 0 Å². The summed E-state index contributed by atoms with van der Waals surface area (Å²) in [6.45, 7) is 0. The van der Waals surface area contributed by atoms with Crippen LogP contribution in [0.1, 0.15) is 0 Å². The molecule has 1 aromatic heterocycles. The molecule has 0 atom stereocenters. The van der Waals surface area contributed by atoms with Crippen molar-refractivity contribution in [3.8, 4) is 0 Å². The number of nitrogens with zero attached hydrogens (tertiary/aromatic N) is 1. The van der Waals surface area contributed by atoms with E-state index in [1.165, 1.54) is 0 Å². The smallest absolute Gasteiger partial charge is 0.270 e. The number of sulfone groups is 1. The van der Waals surface area contributed by atoms with Crippen LogP contribution in [0.4, 0.5) is 0 Å². The average molecular weight is 304 g/mol. The highest BCUT2D eigenvalue weighted by atomic mass is 35.7. The molecule has 1 aromatic rings. The largest absolute Gasteiger partial charge is 0.342 e. The standard InChI is InChI=1S/C5H6ClN3O6S2/c6-17(14,15)2-1-16(12,13)4-3(10)7-5(11)9-8-4/h1-2H2,(H2,7,9,10,11). The third-order valence-electron chi connectivity index (χ3n) is 1.57. The van der Waals surface area contributed by atoms with Crippen molar-refractivity contribution in [2.45, 2.75) is 5.03 Å². The van der Waals surface area contributed by atoms with Gasteiger partial charge in [-0.2, -0.15) is 5.10 Å². The van der Waals surface area contributed by atoms with Crippen LogP contribution in [0.25, 0.3) is 0 Å². The molecule has 0 spiro atoms. The molecule has 0 aromatic carbocycles. The lowest BCUT2D eigenvalue weighted by Crippen LogP contribution is -2.31. The SMILES string of the molecule is O=c1[nH]nc(S(=O)(=O)CCS(=O)(=O)Cl)c(=O)[nH]1. The summed E-state index contributed by atoms with van der Waals surface area (Å²) in [6, 6.07) is 0. The first-order valence-electron chi connectivity index (χ1n) is 3.96. The maximum Gasteiger partial charge on any atom is 0.342 e. The summed E-state index contributed by atoms with van der Waals surface area (Å²) >= 11 is 0. The monoisotopic (exact) mass is 303 g/mol. The number of halogens is 1. The fourth-order valence-corrected chi connectivity index (χ4v) is 3.81. The number of aromatic amines is 2. The minimum atomic E-state index is -4.23. The Balaban J connectivity index is 3.15. The van der Waals surface area contributed by atoms with Gasteiger partial charge in [0.15, 0.2) is 0 Å². The molecule has 17 heavy (non-hydrogen) atoms. The molecule has 0 bridgehead atoms. The van der Waals surface area contributed by atoms with Gasteiger partial charge in [-0.25, -0.2) is 26.7 Å². The summed E-state index contributed by atoms with van der Waals surface area (Å²) in [5, 5.41) is 3.80. The van der Waals surface area contributed by atoms with E-state index in [0.29, 0.717) is 0 Å². The van der Waals surface area contributed by atoms with Gasteiger partial charge in [0.05, 0.1) is 11.5 Å². The highest BCUT2D eigenvalue weighted by Gasteiger charge is 2.23. The predicted octanol–water partition coefficient (Wildman–Crippen LogP) is -2.20. The zero-order valence-electron chi connectivity index (χ0n) is 8.01. The number of hydrogen-bond acceptors (Lipinski definition) is 7. The van der Waals surface area contributed by atoms with E-state index in [2.05, 4.69) is 5.10 Å². The van der Waals surface area contributed by atoms with E-state index in [1.54, 1.807) is 10.1 Å². The van der Waals surface area contributed by atoms with Crippen molar-refractivity contribution in [2.75, 3.05) is 11.5 Å². The Bertz CT molecular complexity index is 729. The molecule has 0 saturated carbocycles. The molecule has 2 N–H and O–H groups in total. The van der Waals surface area contributed by atoms with Crippen molar-refractivity contribution < 1.29 is 16.8 Å². The summed E-state index contributed by atoms with van der Waals surface area (Å²) < 4.78 is 44.1. The molecule has 1 rings (SSSR count). The van der Waals surface area contributed by atoms with Crippen molar-refractivity contribution in [3.05, 3.63) is 20.8 Å². The van der Waals surface area contributed by atoms with Gasteiger partial charge in [-0.05, 0) is 0 Å². The quantitative estimate of drug-likeness (QED) is 0.600. The Hall–Kier alpha value is -1.20. The second kappa shape index (κ2) is 4.58. The number of rotatable bonds is 4. The predicted molar refractivity (Wildman–Crippen MR) is 57.2 cm³/mol. The number of hydrogen-bond donors (Lipinski definition) is 2. The molecule has 0 radical (unpaired) electrons. The molecule has 0 fully saturated rings. The highest BCUT2D eigenvalue weighted by molar-refractivity contribution is 8.14. The second-order valence-corrected chi connectivity index (χ2v) is 7.79. The zero-order chi connectivity index (χ0) is 13.3. The number of nitrogens with one attached hydrogen (secondary N) is 2. The van der Waals surface area contributed by atoms with Crippen LogP contribution < -0.4 is 11.2 Å².